The van der Waals surface area contributed by atoms with E-state index in [1.807, 2.05) is 12.8 Å². The minimum atomic E-state index is -0.321. The number of nitrogens with zero attached hydrogens (tertiary/aromatic N) is 1. The van der Waals surface area contributed by atoms with Gasteiger partial charge >= 0.3 is 0 Å². The molecule has 10 heavy (non-hydrogen) atoms. The molecule has 1 atom stereocenters. The number of rotatable bonds is 2. The second-order valence-corrected chi connectivity index (χ2v) is 2.15. The van der Waals surface area contributed by atoms with Crippen molar-refractivity contribution >= 4 is 5.91 Å². The summed E-state index contributed by atoms with van der Waals surface area (Å²) in [6.45, 7) is 2.28. The number of amides is 1. The molecule has 0 saturated carbocycles. The quantitative estimate of drug-likeness (QED) is 0.522. The van der Waals surface area contributed by atoms with E-state index in [4.69, 9.17) is 12.2 Å². The fourth-order valence-corrected chi connectivity index (χ4v) is 0.460. The van der Waals surface area contributed by atoms with Gasteiger partial charge in [0.05, 0.1) is 0 Å². The number of carbonyl (C=O) groups excluding carboxylic acids is 1. The van der Waals surface area contributed by atoms with Gasteiger partial charge in [0.1, 0.15) is 0 Å². The molecule has 0 aliphatic rings. The van der Waals surface area contributed by atoms with Gasteiger partial charge in [0.2, 0.25) is 0 Å². The van der Waals surface area contributed by atoms with Gasteiger partial charge in [0, 0.05) is 19.6 Å². The first-order chi connectivity index (χ1) is 4.63. The summed E-state index contributed by atoms with van der Waals surface area (Å²) in [6, 6.07) is 0.0172. The first-order valence-electron chi connectivity index (χ1n) is 3.07. The van der Waals surface area contributed by atoms with Gasteiger partial charge in [0.25, 0.3) is 5.91 Å². The predicted molar refractivity (Wildman–Crippen MR) is 40.1 cm³/mol. The van der Waals surface area contributed by atoms with Gasteiger partial charge in [-0.05, 0) is 12.8 Å². The molecule has 56 valence electrons. The molecule has 0 aliphatic heterocycles. The molecular weight excluding hydrogens is 128 g/mol. The number of terminal acetylenes is 1. The standard InChI is InChI=1S/C7H12N2O/c1-4-7(10)9(3)6(2)5-8/h1,6H,5,8H2,2-3H3. The van der Waals surface area contributed by atoms with Crippen LogP contribution < -0.4 is 5.73 Å². The summed E-state index contributed by atoms with van der Waals surface area (Å²) in [7, 11) is 1.64. The van der Waals surface area contributed by atoms with E-state index >= 15 is 0 Å². The molecule has 0 radical (unpaired) electrons. The third kappa shape index (κ3) is 2.08. The van der Waals surface area contributed by atoms with Crippen molar-refractivity contribution in [3.05, 3.63) is 0 Å². The Labute approximate surface area is 61.2 Å². The van der Waals surface area contributed by atoms with E-state index in [-0.39, 0.29) is 11.9 Å². The average molecular weight is 140 g/mol. The van der Waals surface area contributed by atoms with E-state index in [0.717, 1.165) is 0 Å². The lowest BCUT2D eigenvalue weighted by molar-refractivity contribution is -0.125. The van der Waals surface area contributed by atoms with E-state index in [2.05, 4.69) is 0 Å². The van der Waals surface area contributed by atoms with E-state index in [0.29, 0.717) is 6.54 Å². The number of hydrogen-bond acceptors (Lipinski definition) is 2. The molecule has 0 heterocycles. The van der Waals surface area contributed by atoms with Crippen molar-refractivity contribution in [1.82, 2.24) is 4.90 Å². The maximum absolute atomic E-state index is 10.7. The minimum absolute atomic E-state index is 0.0172. The maximum atomic E-state index is 10.7. The summed E-state index contributed by atoms with van der Waals surface area (Å²) in [4.78, 5) is 12.2. The molecule has 0 aromatic carbocycles. The van der Waals surface area contributed by atoms with E-state index in [1.54, 1.807) is 7.05 Å². The van der Waals surface area contributed by atoms with Crippen LogP contribution in [-0.2, 0) is 4.79 Å². The maximum Gasteiger partial charge on any atom is 0.298 e. The normalized spacial score (nSPS) is 11.8. The predicted octanol–water partition coefficient (Wildman–Crippen LogP) is -0.575. The Hall–Kier alpha value is -1.01. The summed E-state index contributed by atoms with van der Waals surface area (Å²) in [5.41, 5.74) is 5.30. The van der Waals surface area contributed by atoms with Gasteiger partial charge in [-0.1, -0.05) is 0 Å². The summed E-state index contributed by atoms with van der Waals surface area (Å²) in [5, 5.41) is 0. The summed E-state index contributed by atoms with van der Waals surface area (Å²) >= 11 is 0. The Kier molecular flexibility index (Phi) is 3.52. The Morgan fingerprint density at radius 1 is 1.90 bits per heavy atom. The zero-order valence-electron chi connectivity index (χ0n) is 6.29. The second-order valence-electron chi connectivity index (χ2n) is 2.15. The Balaban J connectivity index is 3.97. The molecule has 0 fully saturated rings. The lowest BCUT2D eigenvalue weighted by Gasteiger charge is -2.20. The number of carbonyl (C=O) groups is 1. The lowest BCUT2D eigenvalue weighted by Crippen LogP contribution is -2.38. The van der Waals surface area contributed by atoms with Crippen LogP contribution in [0.3, 0.4) is 0 Å². The highest BCUT2D eigenvalue weighted by atomic mass is 16.2. The van der Waals surface area contributed by atoms with E-state index in [9.17, 15) is 4.79 Å². The summed E-state index contributed by atoms with van der Waals surface area (Å²) < 4.78 is 0. The van der Waals surface area contributed by atoms with Crippen LogP contribution in [0.2, 0.25) is 0 Å². The lowest BCUT2D eigenvalue weighted by atomic mass is 10.3. The van der Waals surface area contributed by atoms with Crippen LogP contribution in [0.1, 0.15) is 6.92 Å². The zero-order chi connectivity index (χ0) is 8.15. The van der Waals surface area contributed by atoms with Gasteiger partial charge in [-0.3, -0.25) is 4.79 Å². The first-order valence-corrected chi connectivity index (χ1v) is 3.07. The van der Waals surface area contributed by atoms with Crippen LogP contribution in [0.25, 0.3) is 0 Å². The molecule has 1 amide bonds. The molecule has 0 aliphatic carbocycles. The van der Waals surface area contributed by atoms with E-state index in [1.165, 1.54) is 4.90 Å². The summed E-state index contributed by atoms with van der Waals surface area (Å²) in [5.74, 6) is 1.69. The van der Waals surface area contributed by atoms with Crippen molar-refractivity contribution in [2.45, 2.75) is 13.0 Å². The average Bonchev–Trinajstić information content (AvgIpc) is 2.00. The monoisotopic (exact) mass is 140 g/mol. The molecule has 2 N–H and O–H groups in total. The summed E-state index contributed by atoms with van der Waals surface area (Å²) in [6.07, 6.45) is 4.88. The van der Waals surface area contributed by atoms with Gasteiger partial charge in [-0.25, -0.2) is 0 Å². The van der Waals surface area contributed by atoms with Crippen LogP contribution in [0.15, 0.2) is 0 Å². The largest absolute Gasteiger partial charge is 0.331 e. The van der Waals surface area contributed by atoms with Crippen molar-refractivity contribution in [3.8, 4) is 12.3 Å². The second kappa shape index (κ2) is 3.91. The number of hydrogen-bond donors (Lipinski definition) is 1. The smallest absolute Gasteiger partial charge is 0.298 e. The van der Waals surface area contributed by atoms with Crippen LogP contribution in [0, 0.1) is 12.3 Å². The minimum Gasteiger partial charge on any atom is -0.331 e. The third-order valence-electron chi connectivity index (χ3n) is 1.45. The van der Waals surface area contributed by atoms with Gasteiger partial charge < -0.3 is 10.6 Å². The van der Waals surface area contributed by atoms with Crippen LogP contribution in [-0.4, -0.2) is 30.4 Å². The molecule has 0 aromatic rings. The topological polar surface area (TPSA) is 46.3 Å². The van der Waals surface area contributed by atoms with Crippen molar-refractivity contribution in [3.63, 3.8) is 0 Å². The molecule has 0 rings (SSSR count). The molecule has 0 spiro atoms. The highest BCUT2D eigenvalue weighted by Crippen LogP contribution is 1.91. The fourth-order valence-electron chi connectivity index (χ4n) is 0.460. The molecule has 0 aromatic heterocycles. The Bertz CT molecular complexity index is 159. The molecule has 3 heteroatoms. The van der Waals surface area contributed by atoms with Gasteiger partial charge in [0.15, 0.2) is 0 Å². The number of nitrogens with two attached hydrogens (primary N) is 1. The van der Waals surface area contributed by atoms with Crippen LogP contribution in [0.4, 0.5) is 0 Å². The molecule has 0 bridgehead atoms. The van der Waals surface area contributed by atoms with Gasteiger partial charge in [-0.2, -0.15) is 0 Å². The van der Waals surface area contributed by atoms with Crippen molar-refractivity contribution in [2.75, 3.05) is 13.6 Å². The highest BCUT2D eigenvalue weighted by Gasteiger charge is 2.10. The molecule has 0 saturated heterocycles. The van der Waals surface area contributed by atoms with Gasteiger partial charge in [-0.15, -0.1) is 6.42 Å². The van der Waals surface area contributed by atoms with Crippen molar-refractivity contribution < 1.29 is 4.79 Å². The van der Waals surface area contributed by atoms with E-state index < -0.39 is 0 Å². The highest BCUT2D eigenvalue weighted by molar-refractivity contribution is 5.92. The Morgan fingerprint density at radius 3 is 2.70 bits per heavy atom. The number of likely N-dealkylation sites (N-methyl/N-ethyl adjacent to an activating group) is 1. The Morgan fingerprint density at radius 2 is 2.40 bits per heavy atom. The fraction of sp³-hybridized carbons (Fsp3) is 0.571. The first kappa shape index (κ1) is 8.99. The van der Waals surface area contributed by atoms with Crippen molar-refractivity contribution in [2.24, 2.45) is 5.73 Å². The van der Waals surface area contributed by atoms with Crippen LogP contribution in [0.5, 0.6) is 0 Å². The molecule has 1 unspecified atom stereocenters. The third-order valence-corrected chi connectivity index (χ3v) is 1.45. The molecule has 3 nitrogen and oxygen atoms in total. The SMILES string of the molecule is C#CC(=O)N(C)C(C)CN. The van der Waals surface area contributed by atoms with Crippen molar-refractivity contribution in [1.29, 1.82) is 0 Å². The molecular formula is C7H12N2O. The zero-order valence-corrected chi connectivity index (χ0v) is 6.29. The van der Waals surface area contributed by atoms with Crippen LogP contribution >= 0.6 is 0 Å².